The molecule has 0 fully saturated rings. The van der Waals surface area contributed by atoms with Crippen LogP contribution in [0.25, 0.3) is 10.9 Å². The van der Waals surface area contributed by atoms with E-state index in [1.807, 2.05) is 25.4 Å². The van der Waals surface area contributed by atoms with Gasteiger partial charge in [0.25, 0.3) is 0 Å². The van der Waals surface area contributed by atoms with Crippen LogP contribution in [0.3, 0.4) is 0 Å². The maximum absolute atomic E-state index is 13.5. The molecule has 2 rings (SSSR count). The van der Waals surface area contributed by atoms with Gasteiger partial charge in [-0.3, -0.25) is 0 Å². The molecule has 0 saturated heterocycles. The van der Waals surface area contributed by atoms with Gasteiger partial charge in [0.05, 0.1) is 0 Å². The molecule has 2 aromatic rings. The van der Waals surface area contributed by atoms with Gasteiger partial charge in [0.15, 0.2) is 0 Å². The van der Waals surface area contributed by atoms with E-state index in [0.717, 1.165) is 29.4 Å². The SMILES string of the molecule is CNCCc1cc2[nH]ccc2cc1F. The summed E-state index contributed by atoms with van der Waals surface area (Å²) in [5, 5.41) is 3.94. The third kappa shape index (κ3) is 1.63. The van der Waals surface area contributed by atoms with Gasteiger partial charge in [0.1, 0.15) is 5.82 Å². The van der Waals surface area contributed by atoms with Gasteiger partial charge in [-0.1, -0.05) is 0 Å². The predicted octanol–water partition coefficient (Wildman–Crippen LogP) is 2.07. The molecule has 0 bridgehead atoms. The van der Waals surface area contributed by atoms with Gasteiger partial charge in [-0.15, -0.1) is 0 Å². The van der Waals surface area contributed by atoms with Crippen LogP contribution in [-0.2, 0) is 6.42 Å². The molecule has 0 aliphatic heterocycles. The lowest BCUT2D eigenvalue weighted by Crippen LogP contribution is -2.11. The van der Waals surface area contributed by atoms with Crippen molar-refractivity contribution in [2.45, 2.75) is 6.42 Å². The first kappa shape index (κ1) is 9.21. The second-order valence-electron chi connectivity index (χ2n) is 3.36. The summed E-state index contributed by atoms with van der Waals surface area (Å²) in [4.78, 5) is 3.08. The van der Waals surface area contributed by atoms with Crippen molar-refractivity contribution < 1.29 is 4.39 Å². The number of halogens is 1. The van der Waals surface area contributed by atoms with E-state index in [1.54, 1.807) is 6.07 Å². The average Bonchev–Trinajstić information content (AvgIpc) is 2.61. The molecule has 0 spiro atoms. The van der Waals surface area contributed by atoms with E-state index in [4.69, 9.17) is 0 Å². The third-order valence-electron chi connectivity index (χ3n) is 2.36. The monoisotopic (exact) mass is 192 g/mol. The zero-order chi connectivity index (χ0) is 9.97. The quantitative estimate of drug-likeness (QED) is 0.765. The Hall–Kier alpha value is -1.35. The highest BCUT2D eigenvalue weighted by atomic mass is 19.1. The van der Waals surface area contributed by atoms with Crippen molar-refractivity contribution in [1.29, 1.82) is 0 Å². The van der Waals surface area contributed by atoms with Gasteiger partial charge in [-0.05, 0) is 43.8 Å². The number of benzene rings is 1. The zero-order valence-electron chi connectivity index (χ0n) is 8.10. The minimum atomic E-state index is -0.118. The van der Waals surface area contributed by atoms with Crippen molar-refractivity contribution in [3.63, 3.8) is 0 Å². The van der Waals surface area contributed by atoms with E-state index in [-0.39, 0.29) is 5.82 Å². The molecule has 14 heavy (non-hydrogen) atoms. The van der Waals surface area contributed by atoms with Crippen molar-refractivity contribution in [1.82, 2.24) is 10.3 Å². The van der Waals surface area contributed by atoms with Crippen molar-refractivity contribution in [3.05, 3.63) is 35.8 Å². The minimum absolute atomic E-state index is 0.118. The summed E-state index contributed by atoms with van der Waals surface area (Å²) < 4.78 is 13.5. The first-order valence-electron chi connectivity index (χ1n) is 4.71. The van der Waals surface area contributed by atoms with Gasteiger partial charge >= 0.3 is 0 Å². The van der Waals surface area contributed by atoms with E-state index in [2.05, 4.69) is 10.3 Å². The molecule has 0 atom stereocenters. The number of H-pyrrole nitrogens is 1. The molecule has 0 aliphatic carbocycles. The summed E-state index contributed by atoms with van der Waals surface area (Å²) in [6, 6.07) is 5.33. The summed E-state index contributed by atoms with van der Waals surface area (Å²) in [5.41, 5.74) is 1.76. The van der Waals surface area contributed by atoms with Crippen LogP contribution in [0.1, 0.15) is 5.56 Å². The number of hydrogen-bond acceptors (Lipinski definition) is 1. The largest absolute Gasteiger partial charge is 0.361 e. The molecular formula is C11H13FN2. The molecule has 0 saturated carbocycles. The van der Waals surface area contributed by atoms with E-state index >= 15 is 0 Å². The summed E-state index contributed by atoms with van der Waals surface area (Å²) in [6.45, 7) is 0.795. The van der Waals surface area contributed by atoms with Crippen LogP contribution < -0.4 is 5.32 Å². The number of aromatic nitrogens is 1. The lowest BCUT2D eigenvalue weighted by atomic mass is 10.1. The van der Waals surface area contributed by atoms with Crippen LogP contribution in [-0.4, -0.2) is 18.6 Å². The van der Waals surface area contributed by atoms with E-state index in [0.29, 0.717) is 0 Å². The van der Waals surface area contributed by atoms with Gasteiger partial charge in [-0.25, -0.2) is 4.39 Å². The van der Waals surface area contributed by atoms with E-state index in [1.165, 1.54) is 0 Å². The number of fused-ring (bicyclic) bond motifs is 1. The fourth-order valence-corrected chi connectivity index (χ4v) is 1.57. The molecule has 2 N–H and O–H groups in total. The molecule has 3 heteroatoms. The normalized spacial score (nSPS) is 11.0. The highest BCUT2D eigenvalue weighted by Crippen LogP contribution is 2.18. The first-order valence-corrected chi connectivity index (χ1v) is 4.71. The van der Waals surface area contributed by atoms with Crippen LogP contribution in [0.4, 0.5) is 4.39 Å². The Morgan fingerprint density at radius 2 is 2.29 bits per heavy atom. The highest BCUT2D eigenvalue weighted by Gasteiger charge is 2.04. The Balaban J connectivity index is 2.38. The van der Waals surface area contributed by atoms with E-state index in [9.17, 15) is 4.39 Å². The first-order chi connectivity index (χ1) is 6.81. The average molecular weight is 192 g/mol. The number of aromatic amines is 1. The molecule has 2 nitrogen and oxygen atoms in total. The van der Waals surface area contributed by atoms with Gasteiger partial charge in [-0.2, -0.15) is 0 Å². The second kappa shape index (κ2) is 3.80. The van der Waals surface area contributed by atoms with E-state index < -0.39 is 0 Å². The Morgan fingerprint density at radius 3 is 3.07 bits per heavy atom. The molecule has 0 unspecified atom stereocenters. The van der Waals surface area contributed by atoms with Crippen LogP contribution in [0.5, 0.6) is 0 Å². The lowest BCUT2D eigenvalue weighted by molar-refractivity contribution is 0.607. The predicted molar refractivity (Wildman–Crippen MR) is 55.9 cm³/mol. The van der Waals surface area contributed by atoms with Crippen LogP contribution in [0.15, 0.2) is 24.4 Å². The number of rotatable bonds is 3. The number of nitrogens with one attached hydrogen (secondary N) is 2. The molecule has 1 heterocycles. The third-order valence-corrected chi connectivity index (χ3v) is 2.36. The van der Waals surface area contributed by atoms with Crippen molar-refractivity contribution in [2.75, 3.05) is 13.6 Å². The fraction of sp³-hybridized carbons (Fsp3) is 0.273. The fourth-order valence-electron chi connectivity index (χ4n) is 1.57. The summed E-state index contributed by atoms with van der Waals surface area (Å²) in [5.74, 6) is -0.118. The zero-order valence-corrected chi connectivity index (χ0v) is 8.10. The molecule has 0 radical (unpaired) electrons. The van der Waals surface area contributed by atoms with Gasteiger partial charge in [0.2, 0.25) is 0 Å². The molecule has 74 valence electrons. The lowest BCUT2D eigenvalue weighted by Gasteiger charge is -2.02. The molecular weight excluding hydrogens is 179 g/mol. The topological polar surface area (TPSA) is 27.8 Å². The standard InChI is InChI=1S/C11H13FN2/c1-13-4-2-8-7-11-9(3-5-14-11)6-10(8)12/h3,5-7,13-14H,2,4H2,1H3. The Bertz CT molecular complexity index is 434. The van der Waals surface area contributed by atoms with Gasteiger partial charge < -0.3 is 10.3 Å². The summed E-state index contributed by atoms with van der Waals surface area (Å²) in [6.07, 6.45) is 2.54. The highest BCUT2D eigenvalue weighted by molar-refractivity contribution is 5.80. The van der Waals surface area contributed by atoms with Crippen LogP contribution in [0.2, 0.25) is 0 Å². The number of hydrogen-bond donors (Lipinski definition) is 2. The van der Waals surface area contributed by atoms with Crippen molar-refractivity contribution in [3.8, 4) is 0 Å². The Labute approximate surface area is 82.1 Å². The van der Waals surface area contributed by atoms with Crippen LogP contribution in [0, 0.1) is 5.82 Å². The Kier molecular flexibility index (Phi) is 2.50. The molecule has 1 aromatic heterocycles. The smallest absolute Gasteiger partial charge is 0.127 e. The Morgan fingerprint density at radius 1 is 1.43 bits per heavy atom. The summed E-state index contributed by atoms with van der Waals surface area (Å²) >= 11 is 0. The van der Waals surface area contributed by atoms with Crippen molar-refractivity contribution >= 4 is 10.9 Å². The second-order valence-corrected chi connectivity index (χ2v) is 3.36. The molecule has 0 aliphatic rings. The van der Waals surface area contributed by atoms with Crippen LogP contribution >= 0.6 is 0 Å². The minimum Gasteiger partial charge on any atom is -0.361 e. The molecule has 1 aromatic carbocycles. The van der Waals surface area contributed by atoms with Crippen molar-refractivity contribution in [2.24, 2.45) is 0 Å². The number of likely N-dealkylation sites (N-methyl/N-ethyl adjacent to an activating group) is 1. The maximum atomic E-state index is 13.5. The molecule has 0 amide bonds. The van der Waals surface area contributed by atoms with Gasteiger partial charge in [0, 0.05) is 17.1 Å². The maximum Gasteiger partial charge on any atom is 0.127 e. The summed E-state index contributed by atoms with van der Waals surface area (Å²) in [7, 11) is 1.87.